The molecule has 0 fully saturated rings. The zero-order valence-electron chi connectivity index (χ0n) is 18.6. The minimum absolute atomic E-state index is 0.0879. The van der Waals surface area contributed by atoms with Crippen LogP contribution >= 0.6 is 0 Å². The smallest absolute Gasteiger partial charge is 0.186 e. The highest BCUT2D eigenvalue weighted by atomic mass is 32.2. The molecule has 0 amide bonds. The maximum Gasteiger partial charge on any atom is 0.186 e. The maximum atomic E-state index is 11.4. The Morgan fingerprint density at radius 3 is 1.17 bits per heavy atom. The lowest BCUT2D eigenvalue weighted by Crippen LogP contribution is -2.14. The van der Waals surface area contributed by atoms with Crippen molar-refractivity contribution in [1.82, 2.24) is 0 Å². The van der Waals surface area contributed by atoms with Gasteiger partial charge >= 0.3 is 0 Å². The van der Waals surface area contributed by atoms with Crippen LogP contribution in [0.1, 0.15) is 52.7 Å². The van der Waals surface area contributed by atoms with Crippen LogP contribution in [-0.4, -0.2) is 8.76 Å². The molecule has 3 nitrogen and oxygen atoms in total. The molecule has 0 bridgehead atoms. The van der Waals surface area contributed by atoms with Crippen molar-refractivity contribution >= 4 is 28.1 Å². The molecule has 0 saturated carbocycles. The number of rotatable bonds is 4. The van der Waals surface area contributed by atoms with Crippen molar-refractivity contribution in [1.29, 1.82) is 0 Å². The van der Waals surface area contributed by atoms with Crippen molar-refractivity contribution in [2.75, 3.05) is 4.90 Å². The van der Waals surface area contributed by atoms with Crippen molar-refractivity contribution in [2.45, 2.75) is 57.3 Å². The summed E-state index contributed by atoms with van der Waals surface area (Å²) in [7, 11) is 0. The topological polar surface area (TPSA) is 40.5 Å². The lowest BCUT2D eigenvalue weighted by Gasteiger charge is -2.28. The summed E-state index contributed by atoms with van der Waals surface area (Å²) in [6.07, 6.45) is 0. The molecule has 1 unspecified atom stereocenters. The molecule has 0 spiro atoms. The van der Waals surface area contributed by atoms with Crippen molar-refractivity contribution in [2.24, 2.45) is 0 Å². The quantitative estimate of drug-likeness (QED) is 0.448. The van der Waals surface area contributed by atoms with Crippen LogP contribution in [0.25, 0.3) is 0 Å². The number of benzene rings is 3. The molecule has 0 heterocycles. The predicted octanol–water partition coefficient (Wildman–Crippen LogP) is 7.33. The second-order valence-electron chi connectivity index (χ2n) is 9.67. The fourth-order valence-electron chi connectivity index (χ4n) is 3.38. The number of hydrogen-bond donors (Lipinski definition) is 1. The van der Waals surface area contributed by atoms with E-state index in [1.165, 1.54) is 11.1 Å². The van der Waals surface area contributed by atoms with Crippen molar-refractivity contribution in [3.8, 4) is 0 Å². The zero-order chi connectivity index (χ0) is 22.1. The highest BCUT2D eigenvalue weighted by molar-refractivity contribution is 7.79. The van der Waals surface area contributed by atoms with Crippen molar-refractivity contribution in [3.05, 3.63) is 83.9 Å². The Kier molecular flexibility index (Phi) is 6.21. The van der Waals surface area contributed by atoms with E-state index in [1.54, 1.807) is 12.1 Å². The highest BCUT2D eigenvalue weighted by Crippen LogP contribution is 2.37. The molecule has 0 aliphatic rings. The summed E-state index contributed by atoms with van der Waals surface area (Å²) in [6.45, 7) is 13.2. The van der Waals surface area contributed by atoms with Crippen molar-refractivity contribution in [3.63, 3.8) is 0 Å². The van der Waals surface area contributed by atoms with Crippen LogP contribution in [0.5, 0.6) is 0 Å². The Bertz CT molecular complexity index is 952. The summed E-state index contributed by atoms with van der Waals surface area (Å²) in [5, 5.41) is 0. The van der Waals surface area contributed by atoms with Crippen LogP contribution in [0.3, 0.4) is 0 Å². The van der Waals surface area contributed by atoms with Gasteiger partial charge in [-0.1, -0.05) is 65.8 Å². The van der Waals surface area contributed by atoms with Gasteiger partial charge in [0.15, 0.2) is 11.1 Å². The van der Waals surface area contributed by atoms with Crippen LogP contribution in [0.2, 0.25) is 0 Å². The molecule has 3 aromatic carbocycles. The molecule has 158 valence electrons. The van der Waals surface area contributed by atoms with E-state index >= 15 is 0 Å². The van der Waals surface area contributed by atoms with Gasteiger partial charge in [-0.25, -0.2) is 4.21 Å². The molecule has 0 aliphatic carbocycles. The van der Waals surface area contributed by atoms with Crippen LogP contribution in [0, 0.1) is 0 Å². The SMILES string of the molecule is CC(C)(C)c1ccc(N(c2ccc(S(=O)O)cc2)c2ccc(C(C)(C)C)cc2)cc1. The van der Waals surface area contributed by atoms with E-state index in [-0.39, 0.29) is 10.8 Å². The summed E-state index contributed by atoms with van der Waals surface area (Å²) in [6, 6.07) is 24.4. The number of hydrogen-bond acceptors (Lipinski definition) is 2. The van der Waals surface area contributed by atoms with Gasteiger partial charge in [0.1, 0.15) is 0 Å². The van der Waals surface area contributed by atoms with Crippen LogP contribution in [0.15, 0.2) is 77.7 Å². The third kappa shape index (κ3) is 5.00. The fourth-order valence-corrected chi connectivity index (χ4v) is 3.75. The molecular weight excluding hydrogens is 390 g/mol. The average molecular weight is 422 g/mol. The second-order valence-corrected chi connectivity index (χ2v) is 10.6. The van der Waals surface area contributed by atoms with Gasteiger partial charge in [-0.05, 0) is 70.5 Å². The summed E-state index contributed by atoms with van der Waals surface area (Å²) in [4.78, 5) is 2.56. The first-order valence-corrected chi connectivity index (χ1v) is 11.3. The van der Waals surface area contributed by atoms with E-state index in [0.29, 0.717) is 4.90 Å². The number of anilines is 3. The molecular formula is C26H31NO2S. The Hall–Kier alpha value is -2.43. The normalized spacial score (nSPS) is 13.2. The first-order chi connectivity index (χ1) is 14.0. The molecule has 3 aromatic rings. The van der Waals surface area contributed by atoms with Crippen LogP contribution < -0.4 is 4.90 Å². The lowest BCUT2D eigenvalue weighted by atomic mass is 9.86. The molecule has 1 N–H and O–H groups in total. The minimum atomic E-state index is -1.98. The van der Waals surface area contributed by atoms with Crippen molar-refractivity contribution < 1.29 is 8.76 Å². The highest BCUT2D eigenvalue weighted by Gasteiger charge is 2.18. The van der Waals surface area contributed by atoms with E-state index in [2.05, 4.69) is 95.0 Å². The van der Waals surface area contributed by atoms with Crippen LogP contribution in [0.4, 0.5) is 17.1 Å². The van der Waals surface area contributed by atoms with Gasteiger partial charge in [0.05, 0.1) is 4.90 Å². The molecule has 30 heavy (non-hydrogen) atoms. The largest absolute Gasteiger partial charge is 0.311 e. The third-order valence-corrected chi connectivity index (χ3v) is 5.96. The van der Waals surface area contributed by atoms with Gasteiger partial charge in [0.2, 0.25) is 0 Å². The average Bonchev–Trinajstić information content (AvgIpc) is 2.68. The van der Waals surface area contributed by atoms with Crippen LogP contribution in [-0.2, 0) is 21.9 Å². The standard InChI is InChI=1S/C26H31NO2S/c1-25(2,3)19-7-11-21(12-8-19)27(23-15-17-24(18-16-23)30(28)29)22-13-9-20(10-14-22)26(4,5)6/h7-18H,1-6H3,(H,28,29). The molecule has 0 radical (unpaired) electrons. The summed E-state index contributed by atoms with van der Waals surface area (Å²) in [5.74, 6) is 0. The van der Waals surface area contributed by atoms with E-state index in [9.17, 15) is 8.76 Å². The molecule has 0 aromatic heterocycles. The summed E-state index contributed by atoms with van der Waals surface area (Å²) >= 11 is -1.98. The minimum Gasteiger partial charge on any atom is -0.311 e. The molecule has 1 atom stereocenters. The molecule has 3 rings (SSSR count). The number of nitrogens with zero attached hydrogens (tertiary/aromatic N) is 1. The summed E-state index contributed by atoms with van der Waals surface area (Å²) < 4.78 is 20.7. The van der Waals surface area contributed by atoms with Gasteiger partial charge in [-0.2, -0.15) is 0 Å². The third-order valence-electron chi connectivity index (χ3n) is 5.28. The molecule has 0 aliphatic heterocycles. The fraction of sp³-hybridized carbons (Fsp3) is 0.308. The van der Waals surface area contributed by atoms with Gasteiger partial charge in [0.25, 0.3) is 0 Å². The Morgan fingerprint density at radius 1 is 0.600 bits per heavy atom. The van der Waals surface area contributed by atoms with Gasteiger partial charge in [-0.3, -0.25) is 0 Å². The zero-order valence-corrected chi connectivity index (χ0v) is 19.5. The first-order valence-electron chi connectivity index (χ1n) is 10.2. The van der Waals surface area contributed by atoms with E-state index in [0.717, 1.165) is 17.1 Å². The Labute approximate surface area is 183 Å². The van der Waals surface area contributed by atoms with E-state index in [1.807, 2.05) is 12.1 Å². The van der Waals surface area contributed by atoms with Gasteiger partial charge < -0.3 is 9.45 Å². The Balaban J connectivity index is 2.08. The van der Waals surface area contributed by atoms with E-state index in [4.69, 9.17) is 0 Å². The van der Waals surface area contributed by atoms with E-state index < -0.39 is 11.1 Å². The van der Waals surface area contributed by atoms with Gasteiger partial charge in [-0.15, -0.1) is 0 Å². The second kappa shape index (κ2) is 8.37. The molecule has 0 saturated heterocycles. The summed E-state index contributed by atoms with van der Waals surface area (Å²) in [5.41, 5.74) is 5.76. The van der Waals surface area contributed by atoms with Gasteiger partial charge in [0, 0.05) is 17.1 Å². The lowest BCUT2D eigenvalue weighted by molar-refractivity contribution is 0.564. The molecule has 4 heteroatoms. The maximum absolute atomic E-state index is 11.4. The predicted molar refractivity (Wildman–Crippen MR) is 128 cm³/mol. The monoisotopic (exact) mass is 421 g/mol. The first kappa shape index (κ1) is 22.3. The Morgan fingerprint density at radius 2 is 0.900 bits per heavy atom.